The van der Waals surface area contributed by atoms with Gasteiger partial charge in [0.05, 0.1) is 12.4 Å². The SMILES string of the molecule is CNO/C(C)=C/C1N=CNC(NC)=C1C. The molecule has 1 aliphatic rings. The molecule has 0 saturated heterocycles. The highest BCUT2D eigenvalue weighted by Crippen LogP contribution is 2.14. The van der Waals surface area contributed by atoms with Gasteiger partial charge in [-0.2, -0.15) is 5.48 Å². The van der Waals surface area contributed by atoms with Gasteiger partial charge in [0.15, 0.2) is 0 Å². The molecule has 1 atom stereocenters. The Kier molecular flexibility index (Phi) is 4.17. The Balaban J connectivity index is 2.77. The molecule has 0 aromatic rings. The monoisotopic (exact) mass is 210 g/mol. The Morgan fingerprint density at radius 1 is 1.60 bits per heavy atom. The summed E-state index contributed by atoms with van der Waals surface area (Å²) in [6, 6.07) is 0.0297. The maximum atomic E-state index is 5.14. The lowest BCUT2D eigenvalue weighted by Gasteiger charge is -2.20. The van der Waals surface area contributed by atoms with Crippen molar-refractivity contribution in [3.8, 4) is 0 Å². The highest BCUT2D eigenvalue weighted by Gasteiger charge is 2.14. The zero-order valence-electron chi connectivity index (χ0n) is 9.59. The second kappa shape index (κ2) is 5.41. The smallest absolute Gasteiger partial charge is 0.119 e. The van der Waals surface area contributed by atoms with Crippen LogP contribution >= 0.6 is 0 Å². The fourth-order valence-electron chi connectivity index (χ4n) is 1.41. The summed E-state index contributed by atoms with van der Waals surface area (Å²) in [5.41, 5.74) is 3.77. The van der Waals surface area contributed by atoms with E-state index in [9.17, 15) is 0 Å². The van der Waals surface area contributed by atoms with E-state index >= 15 is 0 Å². The van der Waals surface area contributed by atoms with Crippen molar-refractivity contribution in [3.63, 3.8) is 0 Å². The molecular formula is C10H18N4O. The highest BCUT2D eigenvalue weighted by atomic mass is 16.6. The maximum absolute atomic E-state index is 5.14. The van der Waals surface area contributed by atoms with Gasteiger partial charge >= 0.3 is 0 Å². The van der Waals surface area contributed by atoms with E-state index in [-0.39, 0.29) is 6.04 Å². The average Bonchev–Trinajstić information content (AvgIpc) is 2.21. The first kappa shape index (κ1) is 11.6. The van der Waals surface area contributed by atoms with E-state index in [1.165, 1.54) is 0 Å². The molecule has 1 aliphatic heterocycles. The molecule has 0 radical (unpaired) electrons. The van der Waals surface area contributed by atoms with Gasteiger partial charge in [0.25, 0.3) is 0 Å². The quantitative estimate of drug-likeness (QED) is 0.467. The van der Waals surface area contributed by atoms with Crippen LogP contribution in [0.2, 0.25) is 0 Å². The van der Waals surface area contributed by atoms with Crippen molar-refractivity contribution in [2.45, 2.75) is 19.9 Å². The predicted molar refractivity (Wildman–Crippen MR) is 61.1 cm³/mol. The molecule has 15 heavy (non-hydrogen) atoms. The van der Waals surface area contributed by atoms with Crippen LogP contribution in [-0.4, -0.2) is 26.5 Å². The van der Waals surface area contributed by atoms with Gasteiger partial charge in [0, 0.05) is 14.1 Å². The highest BCUT2D eigenvalue weighted by molar-refractivity contribution is 5.61. The number of nitrogens with zero attached hydrogens (tertiary/aromatic N) is 1. The van der Waals surface area contributed by atoms with Crippen molar-refractivity contribution >= 4 is 6.34 Å². The van der Waals surface area contributed by atoms with Crippen LogP contribution < -0.4 is 16.1 Å². The van der Waals surface area contributed by atoms with Crippen molar-refractivity contribution in [1.82, 2.24) is 16.1 Å². The maximum Gasteiger partial charge on any atom is 0.119 e. The molecule has 0 amide bonds. The molecule has 0 aliphatic carbocycles. The Bertz CT molecular complexity index is 307. The van der Waals surface area contributed by atoms with E-state index in [0.717, 1.165) is 17.2 Å². The second-order valence-corrected chi connectivity index (χ2v) is 3.26. The fourth-order valence-corrected chi connectivity index (χ4v) is 1.41. The van der Waals surface area contributed by atoms with Crippen LogP contribution in [0.1, 0.15) is 13.8 Å². The molecule has 3 N–H and O–H groups in total. The lowest BCUT2D eigenvalue weighted by atomic mass is 10.1. The van der Waals surface area contributed by atoms with Crippen molar-refractivity contribution in [2.24, 2.45) is 4.99 Å². The van der Waals surface area contributed by atoms with Crippen LogP contribution in [0.4, 0.5) is 0 Å². The van der Waals surface area contributed by atoms with Crippen LogP contribution in [0.25, 0.3) is 0 Å². The molecule has 84 valence electrons. The van der Waals surface area contributed by atoms with E-state index in [1.807, 2.05) is 27.0 Å². The molecule has 5 nitrogen and oxygen atoms in total. The molecule has 0 saturated carbocycles. The number of aliphatic imine (C=N–C) groups is 1. The minimum absolute atomic E-state index is 0.0297. The summed E-state index contributed by atoms with van der Waals surface area (Å²) in [7, 11) is 3.60. The first-order valence-corrected chi connectivity index (χ1v) is 4.87. The molecule has 0 aromatic heterocycles. The van der Waals surface area contributed by atoms with Gasteiger partial charge in [0.2, 0.25) is 0 Å². The third-order valence-corrected chi connectivity index (χ3v) is 2.19. The van der Waals surface area contributed by atoms with Crippen molar-refractivity contribution in [1.29, 1.82) is 0 Å². The normalized spacial score (nSPS) is 21.3. The molecule has 5 heteroatoms. The largest absolute Gasteiger partial charge is 0.414 e. The Morgan fingerprint density at radius 2 is 2.33 bits per heavy atom. The summed E-state index contributed by atoms with van der Waals surface area (Å²) in [5.74, 6) is 1.79. The predicted octanol–water partition coefficient (Wildman–Crippen LogP) is 0.492. The lowest BCUT2D eigenvalue weighted by Crippen LogP contribution is -2.30. The van der Waals surface area contributed by atoms with E-state index in [4.69, 9.17) is 4.84 Å². The average molecular weight is 210 g/mol. The molecule has 0 aromatic carbocycles. The zero-order valence-corrected chi connectivity index (χ0v) is 9.59. The molecule has 0 fully saturated rings. The zero-order chi connectivity index (χ0) is 11.3. The minimum Gasteiger partial charge on any atom is -0.414 e. The summed E-state index contributed by atoms with van der Waals surface area (Å²) in [5, 5.41) is 6.13. The summed E-state index contributed by atoms with van der Waals surface area (Å²) >= 11 is 0. The number of nitrogens with one attached hydrogen (secondary N) is 3. The summed E-state index contributed by atoms with van der Waals surface area (Å²) in [4.78, 5) is 9.45. The number of allylic oxidation sites excluding steroid dienone is 1. The molecule has 1 rings (SSSR count). The number of hydroxylamine groups is 1. The Hall–Kier alpha value is -1.49. The minimum atomic E-state index is 0.0297. The van der Waals surface area contributed by atoms with Crippen LogP contribution in [0.3, 0.4) is 0 Å². The van der Waals surface area contributed by atoms with E-state index in [2.05, 4.69) is 21.1 Å². The van der Waals surface area contributed by atoms with Crippen LogP contribution in [0.15, 0.2) is 28.2 Å². The van der Waals surface area contributed by atoms with Gasteiger partial charge in [-0.3, -0.25) is 4.99 Å². The Labute approximate surface area is 90.3 Å². The summed E-state index contributed by atoms with van der Waals surface area (Å²) in [6.45, 7) is 3.92. The van der Waals surface area contributed by atoms with Crippen LogP contribution in [-0.2, 0) is 4.84 Å². The number of hydrogen-bond acceptors (Lipinski definition) is 5. The summed E-state index contributed by atoms with van der Waals surface area (Å²) < 4.78 is 0. The third-order valence-electron chi connectivity index (χ3n) is 2.19. The van der Waals surface area contributed by atoms with Crippen molar-refractivity contribution < 1.29 is 4.84 Å². The van der Waals surface area contributed by atoms with Gasteiger partial charge in [-0.1, -0.05) is 0 Å². The van der Waals surface area contributed by atoms with Gasteiger partial charge < -0.3 is 15.5 Å². The van der Waals surface area contributed by atoms with Crippen molar-refractivity contribution in [2.75, 3.05) is 14.1 Å². The molecule has 1 heterocycles. The third kappa shape index (κ3) is 2.99. The molecule has 1 unspecified atom stereocenters. The molecular weight excluding hydrogens is 192 g/mol. The first-order chi connectivity index (χ1) is 7.19. The summed E-state index contributed by atoms with van der Waals surface area (Å²) in [6.07, 6.45) is 3.65. The van der Waals surface area contributed by atoms with Gasteiger partial charge in [-0.25, -0.2) is 0 Å². The van der Waals surface area contributed by atoms with Gasteiger partial charge in [0.1, 0.15) is 11.6 Å². The fraction of sp³-hybridized carbons (Fsp3) is 0.500. The number of hydrogen-bond donors (Lipinski definition) is 3. The van der Waals surface area contributed by atoms with Gasteiger partial charge in [-0.05, 0) is 25.5 Å². The first-order valence-electron chi connectivity index (χ1n) is 4.87. The standard InChI is InChI=1S/C10H18N4O/c1-7(15-12-4)5-9-8(2)10(11-3)14-6-13-9/h5-6,9,11-12H,1-4H3,(H,13,14)/b7-5+. The number of rotatable bonds is 4. The molecule has 0 spiro atoms. The lowest BCUT2D eigenvalue weighted by molar-refractivity contribution is 0.127. The van der Waals surface area contributed by atoms with E-state index < -0.39 is 0 Å². The topological polar surface area (TPSA) is 57.7 Å². The van der Waals surface area contributed by atoms with Crippen molar-refractivity contribution in [3.05, 3.63) is 23.2 Å². The van der Waals surface area contributed by atoms with E-state index in [0.29, 0.717) is 0 Å². The van der Waals surface area contributed by atoms with Crippen LogP contribution in [0, 0.1) is 0 Å². The molecule has 0 bridgehead atoms. The van der Waals surface area contributed by atoms with Gasteiger partial charge in [-0.15, -0.1) is 0 Å². The Morgan fingerprint density at radius 3 is 2.93 bits per heavy atom. The van der Waals surface area contributed by atoms with Crippen LogP contribution in [0.5, 0.6) is 0 Å². The second-order valence-electron chi connectivity index (χ2n) is 3.26. The van der Waals surface area contributed by atoms with E-state index in [1.54, 1.807) is 13.4 Å².